The predicted molar refractivity (Wildman–Crippen MR) is 82.1 cm³/mol. The molecular formula is C14H22N2O2S2. The number of likely N-dealkylation sites (tertiary alicyclic amines) is 1. The Balaban J connectivity index is 1.54. The van der Waals surface area contributed by atoms with Crippen LogP contribution in [0.4, 0.5) is 0 Å². The van der Waals surface area contributed by atoms with Crippen LogP contribution in [0.1, 0.15) is 41.5 Å². The van der Waals surface area contributed by atoms with Crippen LogP contribution in [0.25, 0.3) is 0 Å². The normalized spacial score (nSPS) is 27.9. The van der Waals surface area contributed by atoms with Crippen LogP contribution in [-0.2, 0) is 9.84 Å². The monoisotopic (exact) mass is 314 g/mol. The molecule has 2 saturated heterocycles. The second kappa shape index (κ2) is 5.73. The predicted octanol–water partition coefficient (Wildman–Crippen LogP) is 2.21. The van der Waals surface area contributed by atoms with Gasteiger partial charge in [0.25, 0.3) is 0 Å². The third-order valence-corrected chi connectivity index (χ3v) is 7.83. The van der Waals surface area contributed by atoms with E-state index in [1.165, 1.54) is 9.88 Å². The summed E-state index contributed by atoms with van der Waals surface area (Å²) in [5.74, 6) is 0.970. The molecule has 0 saturated carbocycles. The SMILES string of the molecule is Cc1cnc(C2CCN(CC3CCCS3(=O)=O)CC2)s1. The standard InChI is InChI=1S/C14H22N2O2S2/c1-11-9-15-14(19-11)12-4-6-16(7-5-12)10-13-3-2-8-20(13,17)18/h9,12-13H,2-8,10H2,1H3. The molecule has 3 rings (SSSR count). The van der Waals surface area contributed by atoms with Crippen molar-refractivity contribution in [2.24, 2.45) is 0 Å². The molecule has 0 aliphatic carbocycles. The second-order valence-electron chi connectivity index (χ2n) is 6.02. The average molecular weight is 314 g/mol. The molecule has 112 valence electrons. The maximum Gasteiger partial charge on any atom is 0.154 e. The van der Waals surface area contributed by atoms with Crippen molar-refractivity contribution >= 4 is 21.2 Å². The maximum atomic E-state index is 11.9. The Bertz CT molecular complexity index is 559. The van der Waals surface area contributed by atoms with Crippen molar-refractivity contribution in [1.29, 1.82) is 0 Å². The van der Waals surface area contributed by atoms with Crippen molar-refractivity contribution < 1.29 is 8.42 Å². The second-order valence-corrected chi connectivity index (χ2v) is 9.68. The number of hydrogen-bond acceptors (Lipinski definition) is 5. The minimum absolute atomic E-state index is 0.110. The minimum Gasteiger partial charge on any atom is -0.302 e. The van der Waals surface area contributed by atoms with Gasteiger partial charge in [-0.25, -0.2) is 13.4 Å². The number of sulfone groups is 1. The number of nitrogens with zero attached hydrogens (tertiary/aromatic N) is 2. The molecule has 1 atom stereocenters. The Labute approximate surface area is 125 Å². The van der Waals surface area contributed by atoms with Crippen molar-refractivity contribution in [3.8, 4) is 0 Å². The van der Waals surface area contributed by atoms with Crippen molar-refractivity contribution in [3.63, 3.8) is 0 Å². The molecule has 20 heavy (non-hydrogen) atoms. The number of aryl methyl sites for hydroxylation is 1. The zero-order valence-corrected chi connectivity index (χ0v) is 13.5. The van der Waals surface area contributed by atoms with E-state index >= 15 is 0 Å². The fourth-order valence-electron chi connectivity index (χ4n) is 3.27. The van der Waals surface area contributed by atoms with Crippen LogP contribution in [0.15, 0.2) is 6.20 Å². The Kier molecular flexibility index (Phi) is 4.15. The number of thiazole rings is 1. The first-order valence-corrected chi connectivity index (χ1v) is 9.94. The van der Waals surface area contributed by atoms with Gasteiger partial charge in [0.15, 0.2) is 9.84 Å². The number of piperidine rings is 1. The van der Waals surface area contributed by atoms with E-state index in [9.17, 15) is 8.42 Å². The smallest absolute Gasteiger partial charge is 0.154 e. The summed E-state index contributed by atoms with van der Waals surface area (Å²) in [4.78, 5) is 8.11. The van der Waals surface area contributed by atoms with E-state index in [0.717, 1.165) is 45.3 Å². The molecule has 3 heterocycles. The first-order valence-electron chi connectivity index (χ1n) is 7.41. The van der Waals surface area contributed by atoms with Crippen molar-refractivity contribution in [2.45, 2.75) is 43.8 Å². The molecule has 1 aromatic rings. The maximum absolute atomic E-state index is 11.9. The molecule has 0 bridgehead atoms. The Morgan fingerprint density at radius 3 is 2.65 bits per heavy atom. The van der Waals surface area contributed by atoms with Gasteiger partial charge in [0.05, 0.1) is 16.0 Å². The third kappa shape index (κ3) is 3.07. The Hall–Kier alpha value is -0.460. The van der Waals surface area contributed by atoms with E-state index < -0.39 is 9.84 Å². The molecular weight excluding hydrogens is 292 g/mol. The molecule has 0 aromatic carbocycles. The van der Waals surface area contributed by atoms with Crippen LogP contribution in [-0.4, -0.2) is 48.9 Å². The van der Waals surface area contributed by atoms with Gasteiger partial charge in [-0.15, -0.1) is 11.3 Å². The molecule has 2 aliphatic rings. The fourth-order valence-corrected chi connectivity index (χ4v) is 6.08. The molecule has 4 nitrogen and oxygen atoms in total. The molecule has 6 heteroatoms. The van der Waals surface area contributed by atoms with Gasteiger partial charge in [0.2, 0.25) is 0 Å². The lowest BCUT2D eigenvalue weighted by Gasteiger charge is -2.32. The van der Waals surface area contributed by atoms with Gasteiger partial charge >= 0.3 is 0 Å². The highest BCUT2D eigenvalue weighted by atomic mass is 32.2. The molecule has 0 spiro atoms. The van der Waals surface area contributed by atoms with Gasteiger partial charge in [-0.05, 0) is 45.7 Å². The van der Waals surface area contributed by atoms with E-state index in [2.05, 4.69) is 16.8 Å². The fraction of sp³-hybridized carbons (Fsp3) is 0.786. The molecule has 0 amide bonds. The lowest BCUT2D eigenvalue weighted by atomic mass is 9.97. The first kappa shape index (κ1) is 14.5. The Morgan fingerprint density at radius 2 is 2.10 bits per heavy atom. The van der Waals surface area contributed by atoms with Crippen molar-refractivity contribution in [2.75, 3.05) is 25.4 Å². The highest BCUT2D eigenvalue weighted by Gasteiger charge is 2.33. The lowest BCUT2D eigenvalue weighted by Crippen LogP contribution is -2.39. The molecule has 1 unspecified atom stereocenters. The lowest BCUT2D eigenvalue weighted by molar-refractivity contribution is 0.211. The van der Waals surface area contributed by atoms with Crippen molar-refractivity contribution in [1.82, 2.24) is 9.88 Å². The van der Waals surface area contributed by atoms with Gasteiger partial charge in [-0.1, -0.05) is 0 Å². The third-order valence-electron chi connectivity index (χ3n) is 4.50. The minimum atomic E-state index is -2.80. The van der Waals surface area contributed by atoms with E-state index in [1.807, 2.05) is 6.20 Å². The quantitative estimate of drug-likeness (QED) is 0.858. The van der Waals surface area contributed by atoms with E-state index in [4.69, 9.17) is 0 Å². The summed E-state index contributed by atoms with van der Waals surface area (Å²) in [6, 6.07) is 0. The van der Waals surface area contributed by atoms with Crippen molar-refractivity contribution in [3.05, 3.63) is 16.1 Å². The summed E-state index contributed by atoms with van der Waals surface area (Å²) in [5.41, 5.74) is 0. The van der Waals surface area contributed by atoms with Gasteiger partial charge in [0, 0.05) is 23.5 Å². The van der Waals surface area contributed by atoms with E-state index in [0.29, 0.717) is 11.7 Å². The highest BCUT2D eigenvalue weighted by Crippen LogP contribution is 2.31. The van der Waals surface area contributed by atoms with Gasteiger partial charge in [-0.2, -0.15) is 0 Å². The molecule has 0 N–H and O–H groups in total. The zero-order chi connectivity index (χ0) is 14.2. The zero-order valence-electron chi connectivity index (χ0n) is 11.9. The summed E-state index contributed by atoms with van der Waals surface area (Å²) in [5, 5.41) is 1.15. The van der Waals surface area contributed by atoms with Gasteiger partial charge in [-0.3, -0.25) is 0 Å². The average Bonchev–Trinajstić information content (AvgIpc) is 2.97. The molecule has 1 aromatic heterocycles. The number of aromatic nitrogens is 1. The summed E-state index contributed by atoms with van der Waals surface area (Å²) in [6.45, 7) is 4.86. The van der Waals surface area contributed by atoms with Gasteiger partial charge in [0.1, 0.15) is 0 Å². The number of rotatable bonds is 3. The molecule has 2 fully saturated rings. The molecule has 2 aliphatic heterocycles. The van der Waals surface area contributed by atoms with Crippen LogP contribution in [0.2, 0.25) is 0 Å². The summed E-state index contributed by atoms with van der Waals surface area (Å²) >= 11 is 1.80. The first-order chi connectivity index (χ1) is 9.54. The topological polar surface area (TPSA) is 50.3 Å². The Morgan fingerprint density at radius 1 is 1.35 bits per heavy atom. The summed E-state index contributed by atoms with van der Waals surface area (Å²) in [6.07, 6.45) is 5.88. The van der Waals surface area contributed by atoms with Crippen LogP contribution < -0.4 is 0 Å². The largest absolute Gasteiger partial charge is 0.302 e. The highest BCUT2D eigenvalue weighted by molar-refractivity contribution is 7.92. The summed E-state index contributed by atoms with van der Waals surface area (Å²) < 4.78 is 23.8. The van der Waals surface area contributed by atoms with Crippen LogP contribution in [0.5, 0.6) is 0 Å². The summed E-state index contributed by atoms with van der Waals surface area (Å²) in [7, 11) is -2.80. The van der Waals surface area contributed by atoms with Crippen LogP contribution in [0.3, 0.4) is 0 Å². The van der Waals surface area contributed by atoms with E-state index in [-0.39, 0.29) is 5.25 Å². The van der Waals surface area contributed by atoms with E-state index in [1.54, 1.807) is 11.3 Å². The van der Waals surface area contributed by atoms with Crippen LogP contribution >= 0.6 is 11.3 Å². The van der Waals surface area contributed by atoms with Crippen LogP contribution in [0, 0.1) is 6.92 Å². The molecule has 0 radical (unpaired) electrons. The van der Waals surface area contributed by atoms with Gasteiger partial charge < -0.3 is 4.90 Å². The number of hydrogen-bond donors (Lipinski definition) is 0.